The molecule has 0 aliphatic carbocycles. The molecule has 0 bridgehead atoms. The molecule has 0 saturated carbocycles. The lowest BCUT2D eigenvalue weighted by atomic mass is 10.4. The van der Waals surface area contributed by atoms with Crippen molar-refractivity contribution in [1.82, 2.24) is 15.2 Å². The van der Waals surface area contributed by atoms with Crippen LogP contribution in [0.3, 0.4) is 0 Å². The molecule has 13 heavy (non-hydrogen) atoms. The topological polar surface area (TPSA) is 63.4 Å². The molecule has 0 unspecified atom stereocenters. The van der Waals surface area contributed by atoms with Crippen molar-refractivity contribution in [1.29, 1.82) is 0 Å². The van der Waals surface area contributed by atoms with Gasteiger partial charge in [-0.25, -0.2) is 4.98 Å². The predicted molar refractivity (Wildman–Crippen MR) is 51.0 cm³/mol. The van der Waals surface area contributed by atoms with E-state index in [0.29, 0.717) is 11.5 Å². The van der Waals surface area contributed by atoms with E-state index in [1.54, 1.807) is 13.2 Å². The summed E-state index contributed by atoms with van der Waals surface area (Å²) in [4.78, 5) is 11.7. The van der Waals surface area contributed by atoms with Crippen LogP contribution in [0, 0.1) is 0 Å². The van der Waals surface area contributed by atoms with Crippen LogP contribution in [0.1, 0.15) is 5.82 Å². The first-order chi connectivity index (χ1) is 6.38. The smallest absolute Gasteiger partial charge is 0.201 e. The minimum Gasteiger partial charge on any atom is -0.283 e. The Kier molecular flexibility index (Phi) is 3.44. The van der Waals surface area contributed by atoms with Crippen molar-refractivity contribution >= 4 is 11.9 Å². The second-order valence-corrected chi connectivity index (χ2v) is 2.04. The molecule has 0 radical (unpaired) electrons. The van der Waals surface area contributed by atoms with Crippen molar-refractivity contribution in [3.05, 3.63) is 31.0 Å². The number of nitrogens with zero attached hydrogens (tertiary/aromatic N) is 5. The molecule has 1 aromatic rings. The van der Waals surface area contributed by atoms with E-state index in [1.165, 1.54) is 18.6 Å². The summed E-state index contributed by atoms with van der Waals surface area (Å²) < 4.78 is 0. The highest BCUT2D eigenvalue weighted by atomic mass is 15.1. The maximum atomic E-state index is 3.97. The number of aromatic nitrogens is 3. The van der Waals surface area contributed by atoms with Crippen molar-refractivity contribution < 1.29 is 0 Å². The molecule has 0 N–H and O–H groups in total. The molecule has 0 aromatic carbocycles. The average molecular weight is 175 g/mol. The first-order valence-corrected chi connectivity index (χ1v) is 3.63. The molecule has 5 nitrogen and oxygen atoms in total. The second kappa shape index (κ2) is 4.87. The predicted octanol–water partition coefficient (Wildman–Crippen LogP) is 0.505. The molecule has 1 heterocycles. The zero-order valence-corrected chi connectivity index (χ0v) is 7.25. The van der Waals surface area contributed by atoms with E-state index in [9.17, 15) is 0 Å². The number of hydrogen-bond donors (Lipinski definition) is 0. The van der Waals surface area contributed by atoms with Gasteiger partial charge in [0.2, 0.25) is 5.82 Å². The summed E-state index contributed by atoms with van der Waals surface area (Å²) >= 11 is 0. The quantitative estimate of drug-likeness (QED) is 0.628. The van der Waals surface area contributed by atoms with Gasteiger partial charge in [-0.15, -0.1) is 5.10 Å². The lowest BCUT2D eigenvalue weighted by Gasteiger charge is -1.94. The van der Waals surface area contributed by atoms with Crippen LogP contribution in [0.5, 0.6) is 0 Å². The Balaban J connectivity index is 2.92. The molecule has 0 atom stereocenters. The summed E-state index contributed by atoms with van der Waals surface area (Å²) in [5.41, 5.74) is 0.577. The highest BCUT2D eigenvalue weighted by molar-refractivity contribution is 6.37. The van der Waals surface area contributed by atoms with Gasteiger partial charge in [0.1, 0.15) is 5.71 Å². The van der Waals surface area contributed by atoms with Crippen LogP contribution < -0.4 is 0 Å². The van der Waals surface area contributed by atoms with Crippen LogP contribution in [0.4, 0.5) is 0 Å². The minimum absolute atomic E-state index is 0.454. The van der Waals surface area contributed by atoms with Gasteiger partial charge in [-0.05, 0) is 0 Å². The Morgan fingerprint density at radius 3 is 2.92 bits per heavy atom. The average Bonchev–Trinajstić information content (AvgIpc) is 2.21. The van der Waals surface area contributed by atoms with Gasteiger partial charge >= 0.3 is 0 Å². The number of hydrogen-bond acceptors (Lipinski definition) is 5. The maximum absolute atomic E-state index is 3.97. The van der Waals surface area contributed by atoms with Gasteiger partial charge in [0, 0.05) is 19.4 Å². The van der Waals surface area contributed by atoms with Crippen molar-refractivity contribution in [2.45, 2.75) is 0 Å². The zero-order valence-electron chi connectivity index (χ0n) is 7.25. The van der Waals surface area contributed by atoms with E-state index in [4.69, 9.17) is 0 Å². The van der Waals surface area contributed by atoms with Crippen LogP contribution in [-0.2, 0) is 0 Å². The van der Waals surface area contributed by atoms with Crippen molar-refractivity contribution in [3.8, 4) is 0 Å². The molecule has 0 saturated heterocycles. The fraction of sp³-hybridized carbons (Fsp3) is 0.125. The summed E-state index contributed by atoms with van der Waals surface area (Å²) in [7, 11) is 1.64. The summed E-state index contributed by atoms with van der Waals surface area (Å²) in [6, 6.07) is 0. The molecule has 5 heteroatoms. The van der Waals surface area contributed by atoms with Gasteiger partial charge in [0.05, 0.1) is 12.4 Å². The summed E-state index contributed by atoms with van der Waals surface area (Å²) in [5, 5.41) is 7.47. The Morgan fingerprint density at radius 2 is 2.38 bits per heavy atom. The molecule has 1 rings (SSSR count). The van der Waals surface area contributed by atoms with Gasteiger partial charge in [-0.1, -0.05) is 6.58 Å². The number of rotatable bonds is 3. The monoisotopic (exact) mass is 175 g/mol. The fourth-order valence-electron chi connectivity index (χ4n) is 0.704. The van der Waals surface area contributed by atoms with Crippen molar-refractivity contribution in [2.24, 2.45) is 9.98 Å². The molecular formula is C8H9N5. The maximum Gasteiger partial charge on any atom is 0.201 e. The summed E-state index contributed by atoms with van der Waals surface area (Å²) in [6.45, 7) is 3.45. The third-order valence-corrected chi connectivity index (χ3v) is 1.25. The highest BCUT2D eigenvalue weighted by Crippen LogP contribution is 1.87. The highest BCUT2D eigenvalue weighted by Gasteiger charge is 2.01. The van der Waals surface area contributed by atoms with E-state index in [-0.39, 0.29) is 0 Å². The summed E-state index contributed by atoms with van der Waals surface area (Å²) in [6.07, 6.45) is 6.00. The zero-order chi connectivity index (χ0) is 9.52. The van der Waals surface area contributed by atoms with Gasteiger partial charge in [0.15, 0.2) is 0 Å². The molecule has 0 aliphatic heterocycles. The van der Waals surface area contributed by atoms with E-state index < -0.39 is 0 Å². The Morgan fingerprint density at radius 1 is 1.54 bits per heavy atom. The molecule has 0 spiro atoms. The van der Waals surface area contributed by atoms with Gasteiger partial charge < -0.3 is 0 Å². The van der Waals surface area contributed by atoms with Gasteiger partial charge in [-0.2, -0.15) is 5.10 Å². The molecule has 0 amide bonds. The van der Waals surface area contributed by atoms with E-state index in [2.05, 4.69) is 31.7 Å². The largest absolute Gasteiger partial charge is 0.283 e. The van der Waals surface area contributed by atoms with Crippen LogP contribution in [0.2, 0.25) is 0 Å². The van der Waals surface area contributed by atoms with Crippen LogP contribution in [0.25, 0.3) is 0 Å². The van der Waals surface area contributed by atoms with Gasteiger partial charge in [-0.3, -0.25) is 9.98 Å². The lowest BCUT2D eigenvalue weighted by Crippen LogP contribution is -2.08. The molecule has 1 aromatic heterocycles. The van der Waals surface area contributed by atoms with E-state index in [0.717, 1.165) is 0 Å². The Labute approximate surface area is 76.0 Å². The van der Waals surface area contributed by atoms with Gasteiger partial charge in [0.25, 0.3) is 0 Å². The first kappa shape index (κ1) is 9.18. The minimum atomic E-state index is 0.454. The summed E-state index contributed by atoms with van der Waals surface area (Å²) in [5.74, 6) is 0.454. The van der Waals surface area contributed by atoms with Crippen molar-refractivity contribution in [2.75, 3.05) is 7.05 Å². The third kappa shape index (κ3) is 2.55. The first-order valence-electron chi connectivity index (χ1n) is 3.63. The molecular weight excluding hydrogens is 166 g/mol. The van der Waals surface area contributed by atoms with Crippen molar-refractivity contribution in [3.63, 3.8) is 0 Å². The Hall–Kier alpha value is -1.91. The standard InChI is InChI=1S/C8H9N5/c1-3-10-6-7(9-2)8-11-4-5-12-13-8/h3-6H,1H2,2H3. The fourth-order valence-corrected chi connectivity index (χ4v) is 0.704. The van der Waals surface area contributed by atoms with Crippen LogP contribution in [0.15, 0.2) is 35.2 Å². The molecule has 0 fully saturated rings. The van der Waals surface area contributed by atoms with E-state index >= 15 is 0 Å². The third-order valence-electron chi connectivity index (χ3n) is 1.25. The second-order valence-electron chi connectivity index (χ2n) is 2.04. The van der Waals surface area contributed by atoms with Crippen LogP contribution in [-0.4, -0.2) is 34.2 Å². The van der Waals surface area contributed by atoms with Crippen LogP contribution >= 0.6 is 0 Å². The SMILES string of the molecule is C=CN=CC(=NC)c1nccnn1. The Bertz CT molecular complexity index is 328. The number of aliphatic imine (C=N–C) groups is 2. The lowest BCUT2D eigenvalue weighted by molar-refractivity contribution is 0.952. The molecule has 0 aliphatic rings. The molecule has 66 valence electrons. The normalized spacial score (nSPS) is 11.9. The van der Waals surface area contributed by atoms with E-state index in [1.807, 2.05) is 0 Å².